The highest BCUT2D eigenvalue weighted by molar-refractivity contribution is 5.76. The third-order valence-corrected chi connectivity index (χ3v) is 23.4. The normalized spacial score (nSPS) is 35.6. The van der Waals surface area contributed by atoms with Crippen LogP contribution in [-0.4, -0.2) is 352 Å². The zero-order valence-corrected chi connectivity index (χ0v) is 70.9. The van der Waals surface area contributed by atoms with Gasteiger partial charge in [-0.25, -0.2) is 0 Å². The fraction of sp³-hybridized carbons (Fsp3) is 0.917. The van der Waals surface area contributed by atoms with Gasteiger partial charge in [-0.1, -0.05) is 205 Å². The number of nitrogens with one attached hydrogen (secondary N) is 3. The third kappa shape index (κ3) is 33.7. The van der Waals surface area contributed by atoms with Crippen LogP contribution in [0.5, 0.6) is 0 Å². The van der Waals surface area contributed by atoms with Crippen LogP contribution >= 0.6 is 0 Å². The van der Waals surface area contributed by atoms with E-state index in [9.17, 15) is 106 Å². The summed E-state index contributed by atoms with van der Waals surface area (Å²) in [4.78, 5) is 39.3. The van der Waals surface area contributed by atoms with Gasteiger partial charge in [0.05, 0.1) is 58.4 Å². The minimum atomic E-state index is -2.37. The number of hydrogen-bond donors (Lipinski definition) is 21. The van der Waals surface area contributed by atoms with Gasteiger partial charge in [-0.3, -0.25) is 14.4 Å². The Labute approximate surface area is 706 Å². The number of unbranched alkanes of at least 4 members (excludes halogenated alkanes) is 30. The van der Waals surface area contributed by atoms with E-state index >= 15 is 0 Å². The van der Waals surface area contributed by atoms with Gasteiger partial charge in [0.2, 0.25) is 17.7 Å². The molecule has 6 aliphatic rings. The lowest BCUT2D eigenvalue weighted by Crippen LogP contribution is -2.71. The Balaban J connectivity index is 1.09. The van der Waals surface area contributed by atoms with Crippen LogP contribution in [0.2, 0.25) is 0 Å². The number of hydrogen-bond acceptors (Lipinski definition) is 33. The Hall–Kier alpha value is -3.31. The van der Waals surface area contributed by atoms with Gasteiger partial charge in [0.1, 0.15) is 146 Å². The Morgan fingerprint density at radius 3 is 1.10 bits per heavy atom. The predicted octanol–water partition coefficient (Wildman–Crippen LogP) is 0.473. The molecular formula is C84H151N3O33. The Morgan fingerprint density at radius 2 is 0.650 bits per heavy atom. The van der Waals surface area contributed by atoms with Crippen molar-refractivity contribution >= 4 is 17.7 Å². The lowest BCUT2D eigenvalue weighted by atomic mass is 9.93. The summed E-state index contributed by atoms with van der Waals surface area (Å²) >= 11 is 0. The zero-order chi connectivity index (χ0) is 87.6. The fourth-order valence-corrected chi connectivity index (χ4v) is 16.2. The molecule has 0 aromatic heterocycles. The zero-order valence-electron chi connectivity index (χ0n) is 70.9. The Bertz CT molecular complexity index is 2790. The number of aliphatic hydroxyl groups excluding tert-OH is 18. The molecule has 700 valence electrons. The second-order valence-corrected chi connectivity index (χ2v) is 33.1. The molecule has 0 spiro atoms. The number of ether oxygens (including phenoxy) is 12. The summed E-state index contributed by atoms with van der Waals surface area (Å²) in [5, 5.41) is 209. The molecule has 0 aliphatic carbocycles. The first-order valence-corrected chi connectivity index (χ1v) is 44.6. The maximum absolute atomic E-state index is 13.6. The minimum Gasteiger partial charge on any atom is -0.394 e. The van der Waals surface area contributed by atoms with Gasteiger partial charge < -0.3 is 165 Å². The van der Waals surface area contributed by atoms with E-state index in [-0.39, 0.29) is 12.3 Å². The van der Waals surface area contributed by atoms with E-state index in [0.29, 0.717) is 12.8 Å². The Morgan fingerprint density at radius 1 is 0.325 bits per heavy atom. The maximum atomic E-state index is 13.6. The number of allylic oxidation sites excluding steroid dienone is 3. The second kappa shape index (κ2) is 58.2. The van der Waals surface area contributed by atoms with Gasteiger partial charge in [-0.2, -0.15) is 0 Å². The highest BCUT2D eigenvalue weighted by Gasteiger charge is 2.59. The van der Waals surface area contributed by atoms with Crippen LogP contribution in [0.25, 0.3) is 0 Å². The molecule has 0 bridgehead atoms. The Kier molecular flexibility index (Phi) is 51.2. The smallest absolute Gasteiger partial charge is 0.220 e. The molecule has 32 atom stereocenters. The fourth-order valence-electron chi connectivity index (χ4n) is 16.2. The minimum absolute atomic E-state index is 0.169. The molecule has 3 amide bonds. The number of carbonyl (C=O) groups excluding carboxylic acids is 3. The highest BCUT2D eigenvalue weighted by atomic mass is 16.8. The van der Waals surface area contributed by atoms with E-state index in [1.807, 2.05) is 6.08 Å². The third-order valence-electron chi connectivity index (χ3n) is 23.4. The summed E-state index contributed by atoms with van der Waals surface area (Å²) in [7, 11) is 0. The lowest BCUT2D eigenvalue weighted by molar-refractivity contribution is -0.399. The standard InChI is InChI=1S/C84H151N3O33/c1-5-7-9-11-13-15-17-19-20-21-22-23-24-25-26-27-28-30-32-34-36-38-40-42-60(97)87-52(53(96)41-39-37-35-33-31-29-18-16-14-12-10-8-6-2)49-109-81-71(106)68(103)74(57(46-91)113-81)116-83-72(107)69(104)75(58(47-92)114-83)117-84-73(108)78(120-79-61(85-50(3)94)66(101)63(98)54(43-88)110-79)76(59(48-93)115-84)118-80-62(86-51(4)95)77(65(100)56(45-90)111-80)119-82-70(105)67(102)64(99)55(44-89)112-82/h19-20,39,41,52-59,61-84,88-93,96,98-108H,5-18,21-38,40,42-49H2,1-4H3,(H,85,94)(H,86,95)(H,87,97)/b20-19-,41-39+/t52-,53+,54?,55?,56?,57?,58?,59?,61?,62?,63-,64-,65-,66+,67-,68+,69+,70?,71?,72?,73?,74+,75-,76-,77+,78+,79-,80-,81+,82-,83-,84-/m0/s1. The first-order chi connectivity index (χ1) is 57.8. The molecule has 6 heterocycles. The van der Waals surface area contributed by atoms with Crippen molar-refractivity contribution < 1.29 is 163 Å². The van der Waals surface area contributed by atoms with E-state index in [2.05, 4.69) is 41.9 Å². The molecule has 0 saturated carbocycles. The molecule has 6 rings (SSSR count). The molecule has 0 aromatic carbocycles. The van der Waals surface area contributed by atoms with E-state index in [1.165, 1.54) is 148 Å². The molecule has 12 unspecified atom stereocenters. The SMILES string of the molecule is CCCCCCCC/C=C\CCCCCCCCCCCCCCCC(=O)N[C@@H](CO[C@@H]1OC(CO)[C@@H](O[C@@H]2OC(CO)[C@H](O[C@@H]3OC(CO)[C@H](O[C@@H]4OC(CO)[C@H](O)[C@H](O[C@@H]5OC(CO)[C@H](O)[C@H](O)C5O)C4NC(C)=O)[C@H](O[C@@H]4OC(CO)[C@H](O)[C@H](O)C4NC(C)=O)C3O)[C@H](O)C2O)[C@H](O)C1O)[C@H](O)/C=C/CCCCCCCCCCCCC. The molecule has 120 heavy (non-hydrogen) atoms. The van der Waals surface area contributed by atoms with Crippen molar-refractivity contribution in [2.45, 2.75) is 442 Å². The number of rotatable bonds is 59. The van der Waals surface area contributed by atoms with E-state index in [1.54, 1.807) is 6.08 Å². The van der Waals surface area contributed by atoms with Crippen molar-refractivity contribution in [3.05, 3.63) is 24.3 Å². The molecule has 36 heteroatoms. The van der Waals surface area contributed by atoms with E-state index in [0.717, 1.165) is 65.2 Å². The van der Waals surface area contributed by atoms with E-state index in [4.69, 9.17) is 56.8 Å². The highest BCUT2D eigenvalue weighted by Crippen LogP contribution is 2.39. The number of amides is 3. The van der Waals surface area contributed by atoms with Crippen molar-refractivity contribution in [3.63, 3.8) is 0 Å². The summed E-state index contributed by atoms with van der Waals surface area (Å²) in [6.45, 7) is -0.121. The van der Waals surface area contributed by atoms with Crippen LogP contribution in [0.4, 0.5) is 0 Å². The van der Waals surface area contributed by atoms with Crippen molar-refractivity contribution in [3.8, 4) is 0 Å². The predicted molar refractivity (Wildman–Crippen MR) is 431 cm³/mol. The summed E-state index contributed by atoms with van der Waals surface area (Å²) in [5.74, 6) is -2.06. The summed E-state index contributed by atoms with van der Waals surface area (Å²) < 4.78 is 72.1. The topological polar surface area (TPSA) is 562 Å². The molecular weight excluding hydrogens is 1580 g/mol. The van der Waals surface area contributed by atoms with Gasteiger partial charge in [0, 0.05) is 20.3 Å². The maximum Gasteiger partial charge on any atom is 0.220 e. The second-order valence-electron chi connectivity index (χ2n) is 33.1. The molecule has 6 aliphatic heterocycles. The number of carbonyl (C=O) groups is 3. The van der Waals surface area contributed by atoms with Crippen molar-refractivity contribution in [2.75, 3.05) is 46.2 Å². The van der Waals surface area contributed by atoms with Crippen molar-refractivity contribution in [1.29, 1.82) is 0 Å². The van der Waals surface area contributed by atoms with Crippen LogP contribution < -0.4 is 16.0 Å². The van der Waals surface area contributed by atoms with Crippen molar-refractivity contribution in [2.24, 2.45) is 0 Å². The van der Waals surface area contributed by atoms with Crippen LogP contribution in [0, 0.1) is 0 Å². The molecule has 21 N–H and O–H groups in total. The largest absolute Gasteiger partial charge is 0.394 e. The summed E-state index contributed by atoms with van der Waals surface area (Å²) in [6.07, 6.45) is -9.64. The van der Waals surface area contributed by atoms with Gasteiger partial charge in [-0.15, -0.1) is 0 Å². The van der Waals surface area contributed by atoms with Gasteiger partial charge >= 0.3 is 0 Å². The van der Waals surface area contributed by atoms with Gasteiger partial charge in [0.15, 0.2) is 37.7 Å². The molecule has 6 fully saturated rings. The quantitative estimate of drug-likeness (QED) is 0.0291. The average molecular weight is 1730 g/mol. The van der Waals surface area contributed by atoms with Crippen LogP contribution in [0.15, 0.2) is 24.3 Å². The van der Waals surface area contributed by atoms with Crippen LogP contribution in [0.1, 0.15) is 246 Å². The van der Waals surface area contributed by atoms with Gasteiger partial charge in [0.25, 0.3) is 0 Å². The molecule has 36 nitrogen and oxygen atoms in total. The van der Waals surface area contributed by atoms with Crippen LogP contribution in [0.3, 0.4) is 0 Å². The molecule has 6 saturated heterocycles. The van der Waals surface area contributed by atoms with Gasteiger partial charge in [-0.05, 0) is 44.9 Å². The van der Waals surface area contributed by atoms with E-state index < -0.39 is 254 Å². The van der Waals surface area contributed by atoms with Crippen LogP contribution in [-0.2, 0) is 71.2 Å². The monoisotopic (exact) mass is 1730 g/mol. The molecule has 0 aromatic rings. The lowest BCUT2D eigenvalue weighted by Gasteiger charge is -2.52. The van der Waals surface area contributed by atoms with Crippen molar-refractivity contribution in [1.82, 2.24) is 16.0 Å². The summed E-state index contributed by atoms with van der Waals surface area (Å²) in [6, 6.07) is -4.66. The molecule has 0 radical (unpaired) electrons. The average Bonchev–Trinajstić information content (AvgIpc) is 0.745. The number of aliphatic hydroxyl groups is 18. The first kappa shape index (κ1) is 105. The first-order valence-electron chi connectivity index (χ1n) is 44.6. The summed E-state index contributed by atoms with van der Waals surface area (Å²) in [5.41, 5.74) is 0.